The molecule has 0 aliphatic heterocycles. The average molecular weight is 658 g/mol. The van der Waals surface area contributed by atoms with Gasteiger partial charge in [0.05, 0.1) is 5.69 Å². The zero-order valence-electron chi connectivity index (χ0n) is 29.0. The van der Waals surface area contributed by atoms with E-state index in [-0.39, 0.29) is 0 Å². The molecule has 0 heterocycles. The fourth-order valence-corrected chi connectivity index (χ4v) is 8.54. The van der Waals surface area contributed by atoms with Crippen LogP contribution in [0.1, 0.15) is 42.7 Å². The highest BCUT2D eigenvalue weighted by molar-refractivity contribution is 5.91. The second-order valence-corrected chi connectivity index (χ2v) is 14.0. The number of anilines is 3. The predicted octanol–water partition coefficient (Wildman–Crippen LogP) is 13.3. The summed E-state index contributed by atoms with van der Waals surface area (Å²) in [7, 11) is 0. The van der Waals surface area contributed by atoms with Crippen molar-refractivity contribution in [3.8, 4) is 45.7 Å². The van der Waals surface area contributed by atoms with E-state index in [1.165, 1.54) is 75.9 Å². The number of rotatable bonds is 10. The number of hydrogen-bond acceptors (Lipinski definition) is 1. The summed E-state index contributed by atoms with van der Waals surface area (Å²) in [6.45, 7) is 0. The quantitative estimate of drug-likeness (QED) is 0.105. The van der Waals surface area contributed by atoms with Gasteiger partial charge < -0.3 is 4.90 Å². The maximum Gasteiger partial charge on any atom is 0.0540 e. The molecule has 0 N–H and O–H groups in total. The van der Waals surface area contributed by atoms with E-state index in [0.29, 0.717) is 5.92 Å². The number of nitrogens with zero attached hydrogens (tertiary/aromatic N) is 1. The Morgan fingerprint density at radius 2 is 1.25 bits per heavy atom. The zero-order chi connectivity index (χ0) is 34.4. The molecule has 1 nitrogen and oxygen atoms in total. The summed E-state index contributed by atoms with van der Waals surface area (Å²) in [4.78, 5) is 2.50. The highest BCUT2D eigenvalue weighted by atomic mass is 15.1. The summed E-state index contributed by atoms with van der Waals surface area (Å²) in [6, 6.07) is 55.5. The molecule has 6 aromatic carbocycles. The second kappa shape index (κ2) is 15.0. The molecule has 2 saturated carbocycles. The van der Waals surface area contributed by atoms with Crippen LogP contribution in [-0.4, -0.2) is 0 Å². The third kappa shape index (κ3) is 6.96. The molecule has 2 fully saturated rings. The molecule has 0 saturated heterocycles. The van der Waals surface area contributed by atoms with Crippen LogP contribution in [0.4, 0.5) is 17.1 Å². The molecule has 0 aromatic heterocycles. The smallest absolute Gasteiger partial charge is 0.0540 e. The minimum atomic E-state index is 0.597. The van der Waals surface area contributed by atoms with E-state index in [2.05, 4.69) is 175 Å². The Morgan fingerprint density at radius 3 is 1.92 bits per heavy atom. The van der Waals surface area contributed by atoms with Crippen LogP contribution in [0.25, 0.3) is 33.4 Å². The van der Waals surface area contributed by atoms with Gasteiger partial charge in [-0.1, -0.05) is 146 Å². The lowest BCUT2D eigenvalue weighted by Gasteiger charge is -2.31. The Bertz CT molecular complexity index is 2200. The first-order chi connectivity index (χ1) is 25.2. The summed E-state index contributed by atoms with van der Waals surface area (Å²) >= 11 is 0. The normalized spacial score (nSPS) is 18.0. The first kappa shape index (κ1) is 32.4. The van der Waals surface area contributed by atoms with Crippen molar-refractivity contribution in [3.63, 3.8) is 0 Å². The average Bonchev–Trinajstić information content (AvgIpc) is 3.84. The molecular weight excluding hydrogens is 615 g/mol. The van der Waals surface area contributed by atoms with Gasteiger partial charge >= 0.3 is 0 Å². The van der Waals surface area contributed by atoms with Crippen LogP contribution in [0.3, 0.4) is 0 Å². The number of terminal acetylenes is 1. The molecular formula is C50H43N. The highest BCUT2D eigenvalue weighted by Crippen LogP contribution is 2.54. The number of fused-ring (bicyclic) bond motifs is 2. The SMILES string of the molecule is C#C/C=C\C=C/Cc1ccc(N(c2cccc(-c3ccccc3)c2)c2ccc(-c3ccccc3)cc2-c2ccccc2)cc1[C@@H]1C[C@H]2CC[C@@H]1C2. The van der Waals surface area contributed by atoms with E-state index in [0.717, 1.165) is 29.6 Å². The molecule has 248 valence electrons. The van der Waals surface area contributed by atoms with Gasteiger partial charge in [0.25, 0.3) is 0 Å². The van der Waals surface area contributed by atoms with E-state index in [1.54, 1.807) is 6.08 Å². The zero-order valence-corrected chi connectivity index (χ0v) is 29.0. The maximum atomic E-state index is 5.46. The van der Waals surface area contributed by atoms with E-state index in [9.17, 15) is 0 Å². The van der Waals surface area contributed by atoms with Crippen LogP contribution in [0.15, 0.2) is 176 Å². The Hall–Kier alpha value is -5.84. The van der Waals surface area contributed by atoms with Crippen LogP contribution in [0.5, 0.6) is 0 Å². The molecule has 0 amide bonds. The lowest BCUT2D eigenvalue weighted by atomic mass is 9.80. The van der Waals surface area contributed by atoms with Crippen LogP contribution in [0, 0.1) is 24.2 Å². The lowest BCUT2D eigenvalue weighted by molar-refractivity contribution is 0.418. The maximum absolute atomic E-state index is 5.46. The predicted molar refractivity (Wildman–Crippen MR) is 216 cm³/mol. The van der Waals surface area contributed by atoms with Gasteiger partial charge in [-0.3, -0.25) is 0 Å². The Kier molecular flexibility index (Phi) is 9.49. The molecule has 3 atom stereocenters. The van der Waals surface area contributed by atoms with Crippen LogP contribution >= 0.6 is 0 Å². The van der Waals surface area contributed by atoms with Gasteiger partial charge in [-0.2, -0.15) is 0 Å². The van der Waals surface area contributed by atoms with Crippen molar-refractivity contribution in [2.24, 2.45) is 11.8 Å². The van der Waals surface area contributed by atoms with Gasteiger partial charge in [-0.15, -0.1) is 6.42 Å². The van der Waals surface area contributed by atoms with Crippen LogP contribution in [-0.2, 0) is 6.42 Å². The number of hydrogen-bond donors (Lipinski definition) is 0. The molecule has 8 rings (SSSR count). The summed E-state index contributed by atoms with van der Waals surface area (Å²) < 4.78 is 0. The summed E-state index contributed by atoms with van der Waals surface area (Å²) in [6.07, 6.45) is 19.8. The molecule has 2 aliphatic carbocycles. The van der Waals surface area contributed by atoms with Crippen molar-refractivity contribution < 1.29 is 0 Å². The second-order valence-electron chi connectivity index (χ2n) is 14.0. The van der Waals surface area contributed by atoms with Crippen molar-refractivity contribution >= 4 is 17.1 Å². The van der Waals surface area contributed by atoms with E-state index < -0.39 is 0 Å². The van der Waals surface area contributed by atoms with Crippen molar-refractivity contribution in [2.45, 2.75) is 38.0 Å². The third-order valence-corrected chi connectivity index (χ3v) is 10.9. The van der Waals surface area contributed by atoms with Gasteiger partial charge in [0, 0.05) is 16.9 Å². The van der Waals surface area contributed by atoms with Gasteiger partial charge in [0.15, 0.2) is 0 Å². The van der Waals surface area contributed by atoms with E-state index in [1.807, 2.05) is 6.08 Å². The fraction of sp³-hybridized carbons (Fsp3) is 0.160. The topological polar surface area (TPSA) is 3.24 Å². The van der Waals surface area contributed by atoms with Gasteiger partial charge in [-0.05, 0) is 125 Å². The minimum Gasteiger partial charge on any atom is -0.310 e. The molecule has 1 heteroatoms. The van der Waals surface area contributed by atoms with Crippen molar-refractivity contribution in [1.29, 1.82) is 0 Å². The Labute approximate surface area is 303 Å². The molecule has 0 spiro atoms. The first-order valence-corrected chi connectivity index (χ1v) is 18.4. The Balaban J connectivity index is 1.32. The minimum absolute atomic E-state index is 0.597. The molecule has 0 radical (unpaired) electrons. The van der Waals surface area contributed by atoms with E-state index in [4.69, 9.17) is 6.42 Å². The molecule has 2 bridgehead atoms. The van der Waals surface area contributed by atoms with E-state index >= 15 is 0 Å². The highest BCUT2D eigenvalue weighted by Gasteiger charge is 2.41. The number of benzene rings is 6. The van der Waals surface area contributed by atoms with Crippen molar-refractivity contribution in [3.05, 3.63) is 187 Å². The number of allylic oxidation sites excluding steroid dienone is 4. The first-order valence-electron chi connectivity index (χ1n) is 18.4. The van der Waals surface area contributed by atoms with Gasteiger partial charge in [0.2, 0.25) is 0 Å². The molecule has 51 heavy (non-hydrogen) atoms. The largest absolute Gasteiger partial charge is 0.310 e. The monoisotopic (exact) mass is 657 g/mol. The summed E-state index contributed by atoms with van der Waals surface area (Å²) in [5.41, 5.74) is 13.7. The van der Waals surface area contributed by atoms with Crippen LogP contribution < -0.4 is 4.90 Å². The Morgan fingerprint density at radius 1 is 0.588 bits per heavy atom. The standard InChI is InChI=1S/C50H43N/c1-2-3-4-5-9-23-41-28-30-46(36-48(41)47-33-37-26-27-44(47)32-37)51(45-25-16-24-42(34-45)38-17-10-6-11-18-38)50-31-29-43(39-19-12-7-13-20-39)35-49(50)40-21-14-8-15-22-40/h1,3-22,24-25,28-31,34-37,44,47H,23,26-27,32-33H2/b4-3-,9-5-/t37-,44+,47+/m0/s1. The lowest BCUT2D eigenvalue weighted by Crippen LogP contribution is -2.15. The van der Waals surface area contributed by atoms with Crippen molar-refractivity contribution in [1.82, 2.24) is 0 Å². The third-order valence-electron chi connectivity index (χ3n) is 10.9. The van der Waals surface area contributed by atoms with Crippen LogP contribution in [0.2, 0.25) is 0 Å². The fourth-order valence-electron chi connectivity index (χ4n) is 8.54. The summed E-state index contributed by atoms with van der Waals surface area (Å²) in [5, 5.41) is 0. The van der Waals surface area contributed by atoms with Gasteiger partial charge in [0.1, 0.15) is 0 Å². The molecule has 6 aromatic rings. The molecule has 2 aliphatic rings. The molecule has 0 unspecified atom stereocenters. The van der Waals surface area contributed by atoms with Crippen molar-refractivity contribution in [2.75, 3.05) is 4.90 Å². The van der Waals surface area contributed by atoms with Gasteiger partial charge in [-0.25, -0.2) is 0 Å². The summed E-state index contributed by atoms with van der Waals surface area (Å²) in [5.74, 6) is 4.83.